The van der Waals surface area contributed by atoms with Crippen LogP contribution in [0.15, 0.2) is 60.8 Å². The van der Waals surface area contributed by atoms with Crippen LogP contribution in [0.2, 0.25) is 0 Å². The molecule has 6 rings (SSSR count). The van der Waals surface area contributed by atoms with Gasteiger partial charge in [0.1, 0.15) is 17.3 Å². The van der Waals surface area contributed by atoms with E-state index in [1.54, 1.807) is 41.2 Å². The molecular weight excluding hydrogens is 463 g/mol. The first-order chi connectivity index (χ1) is 17.4. The van der Waals surface area contributed by atoms with Gasteiger partial charge in [-0.15, -0.1) is 0 Å². The molecule has 2 amide bonds. The van der Waals surface area contributed by atoms with Crippen molar-refractivity contribution in [2.24, 2.45) is 5.92 Å². The van der Waals surface area contributed by atoms with E-state index in [1.165, 1.54) is 23.1 Å². The lowest BCUT2D eigenvalue weighted by Crippen LogP contribution is -2.42. The molecule has 2 bridgehead atoms. The summed E-state index contributed by atoms with van der Waals surface area (Å²) in [5.74, 6) is -0.584. The van der Waals surface area contributed by atoms with E-state index in [9.17, 15) is 14.7 Å². The molecule has 1 aliphatic carbocycles. The molecule has 1 aliphatic heterocycles. The Morgan fingerprint density at radius 1 is 1.08 bits per heavy atom. The second-order valence-electron chi connectivity index (χ2n) is 9.31. The normalized spacial score (nSPS) is 20.7. The number of hydrogen-bond acceptors (Lipinski definition) is 5. The first-order valence-corrected chi connectivity index (χ1v) is 11.7. The van der Waals surface area contributed by atoms with Crippen LogP contribution in [0.5, 0.6) is 0 Å². The summed E-state index contributed by atoms with van der Waals surface area (Å²) in [5.41, 5.74) is 8.16. The van der Waals surface area contributed by atoms with Crippen LogP contribution in [0.25, 0.3) is 22.2 Å². The minimum Gasteiger partial charge on any atom is -0.465 e. The van der Waals surface area contributed by atoms with Gasteiger partial charge in [-0.1, -0.05) is 18.2 Å². The van der Waals surface area contributed by atoms with Crippen molar-refractivity contribution < 1.29 is 19.1 Å². The van der Waals surface area contributed by atoms with Crippen LogP contribution in [0, 0.1) is 11.7 Å². The van der Waals surface area contributed by atoms with Crippen molar-refractivity contribution in [2.45, 2.75) is 24.9 Å². The van der Waals surface area contributed by atoms with Crippen LogP contribution in [0.1, 0.15) is 29.2 Å². The van der Waals surface area contributed by atoms with Crippen molar-refractivity contribution >= 4 is 34.4 Å². The van der Waals surface area contributed by atoms with Gasteiger partial charge in [0.25, 0.3) is 5.91 Å². The van der Waals surface area contributed by atoms with E-state index in [0.29, 0.717) is 28.8 Å². The van der Waals surface area contributed by atoms with Crippen molar-refractivity contribution in [2.75, 3.05) is 17.6 Å². The summed E-state index contributed by atoms with van der Waals surface area (Å²) in [5, 5.41) is 17.6. The topological polar surface area (TPSA) is 126 Å². The molecule has 2 fully saturated rings. The quantitative estimate of drug-likeness (QED) is 0.393. The fraction of sp³-hybridized carbons (Fsp3) is 0.231. The van der Waals surface area contributed by atoms with Crippen LogP contribution in [-0.2, 0) is 0 Å². The molecule has 1 saturated carbocycles. The van der Waals surface area contributed by atoms with Crippen LogP contribution >= 0.6 is 0 Å². The summed E-state index contributed by atoms with van der Waals surface area (Å²) in [6, 6.07) is 14.5. The Hall–Kier alpha value is -4.47. The summed E-state index contributed by atoms with van der Waals surface area (Å²) in [6.45, 7) is 0.521. The van der Waals surface area contributed by atoms with Crippen LogP contribution in [0.4, 0.5) is 20.7 Å². The molecule has 0 spiro atoms. The number of aromatic nitrogens is 3. The van der Waals surface area contributed by atoms with Gasteiger partial charge in [0, 0.05) is 29.6 Å². The number of carbonyl (C=O) groups excluding carboxylic acids is 1. The number of halogens is 1. The fourth-order valence-electron chi connectivity index (χ4n) is 5.60. The molecule has 2 unspecified atom stereocenters. The minimum atomic E-state index is -0.944. The first-order valence-electron chi connectivity index (χ1n) is 11.7. The zero-order valence-electron chi connectivity index (χ0n) is 19.1. The monoisotopic (exact) mass is 486 g/mol. The zero-order valence-corrected chi connectivity index (χ0v) is 19.1. The number of hydrogen-bond donors (Lipinski definition) is 3. The second kappa shape index (κ2) is 8.33. The van der Waals surface area contributed by atoms with E-state index >= 15 is 4.39 Å². The van der Waals surface area contributed by atoms with Gasteiger partial charge >= 0.3 is 6.09 Å². The number of rotatable bonds is 4. The Morgan fingerprint density at radius 3 is 2.58 bits per heavy atom. The van der Waals surface area contributed by atoms with Crippen molar-refractivity contribution in [3.8, 4) is 11.3 Å². The Bertz CT molecular complexity index is 1500. The van der Waals surface area contributed by atoms with Gasteiger partial charge in [-0.3, -0.25) is 9.48 Å². The third kappa shape index (κ3) is 3.53. The van der Waals surface area contributed by atoms with E-state index in [0.717, 1.165) is 12.8 Å². The number of anilines is 2. The highest BCUT2D eigenvalue weighted by Crippen LogP contribution is 2.46. The summed E-state index contributed by atoms with van der Waals surface area (Å²) in [7, 11) is 0. The highest BCUT2D eigenvalue weighted by Gasteiger charge is 2.48. The largest absolute Gasteiger partial charge is 0.465 e. The molecule has 182 valence electrons. The number of likely N-dealkylation sites (tertiary alicyclic amines) is 1. The summed E-state index contributed by atoms with van der Waals surface area (Å²) in [4.78, 5) is 30.0. The maximum absolute atomic E-state index is 15.4. The maximum atomic E-state index is 15.4. The third-order valence-corrected chi connectivity index (χ3v) is 7.18. The first kappa shape index (κ1) is 22.0. The molecule has 2 aromatic heterocycles. The molecule has 9 nitrogen and oxygen atoms in total. The predicted molar refractivity (Wildman–Crippen MR) is 132 cm³/mol. The van der Waals surface area contributed by atoms with Gasteiger partial charge in [0.05, 0.1) is 23.0 Å². The molecule has 2 aromatic carbocycles. The van der Waals surface area contributed by atoms with Crippen molar-refractivity contribution in [1.29, 1.82) is 0 Å². The van der Waals surface area contributed by atoms with E-state index < -0.39 is 17.8 Å². The van der Waals surface area contributed by atoms with Gasteiger partial charge in [0.15, 0.2) is 0 Å². The van der Waals surface area contributed by atoms with Gasteiger partial charge in [-0.05, 0) is 55.2 Å². The number of fused-ring (bicyclic) bond motifs is 3. The number of para-hydroxylation sites is 1. The molecule has 4 aromatic rings. The fourth-order valence-corrected chi connectivity index (χ4v) is 5.60. The van der Waals surface area contributed by atoms with Crippen LogP contribution in [-0.4, -0.2) is 49.4 Å². The average molecular weight is 487 g/mol. The van der Waals surface area contributed by atoms with E-state index in [4.69, 9.17) is 10.8 Å². The SMILES string of the molecule is Nc1nccc2c1c(-c1ccc(C(=O)Nc3ccccc3)cc1F)nn2[C@@H]1CC2CC1N(C(=O)O)C2. The Balaban J connectivity index is 1.39. The van der Waals surface area contributed by atoms with Gasteiger partial charge in [-0.2, -0.15) is 5.10 Å². The highest BCUT2D eigenvalue weighted by atomic mass is 19.1. The number of piperidine rings is 1. The number of pyridine rings is 1. The van der Waals surface area contributed by atoms with Gasteiger partial charge in [-0.25, -0.2) is 14.2 Å². The number of nitrogens with two attached hydrogens (primary N) is 1. The molecule has 1 saturated heterocycles. The average Bonchev–Trinajstić information content (AvgIpc) is 3.58. The van der Waals surface area contributed by atoms with Gasteiger partial charge in [0.2, 0.25) is 0 Å². The molecule has 0 radical (unpaired) electrons. The van der Waals surface area contributed by atoms with Crippen LogP contribution in [0.3, 0.4) is 0 Å². The lowest BCUT2D eigenvalue weighted by atomic mass is 10.0. The van der Waals surface area contributed by atoms with Crippen molar-refractivity contribution in [1.82, 2.24) is 19.7 Å². The lowest BCUT2D eigenvalue weighted by Gasteiger charge is -2.31. The second-order valence-corrected chi connectivity index (χ2v) is 9.31. The number of nitrogens with zero attached hydrogens (tertiary/aromatic N) is 4. The lowest BCUT2D eigenvalue weighted by molar-refractivity contribution is 0.102. The number of carbonyl (C=O) groups is 2. The number of carboxylic acid groups (broad SMARTS) is 1. The Kier molecular flexibility index (Phi) is 5.10. The molecule has 2 aliphatic rings. The Labute approximate surface area is 205 Å². The third-order valence-electron chi connectivity index (χ3n) is 7.18. The molecule has 3 atom stereocenters. The number of nitrogen functional groups attached to an aromatic ring is 1. The number of benzene rings is 2. The van der Waals surface area contributed by atoms with Gasteiger partial charge < -0.3 is 21.1 Å². The smallest absolute Gasteiger partial charge is 0.407 e. The van der Waals surface area contributed by atoms with Crippen molar-refractivity contribution in [3.63, 3.8) is 0 Å². The molecule has 10 heteroatoms. The molecule has 36 heavy (non-hydrogen) atoms. The number of nitrogens with one attached hydrogen (secondary N) is 1. The highest BCUT2D eigenvalue weighted by molar-refractivity contribution is 6.05. The summed E-state index contributed by atoms with van der Waals surface area (Å²) < 4.78 is 17.2. The van der Waals surface area contributed by atoms with E-state index in [1.807, 2.05) is 6.07 Å². The summed E-state index contributed by atoms with van der Waals surface area (Å²) in [6.07, 6.45) is 2.18. The molecular formula is C26H23FN6O3. The number of amides is 2. The molecule has 4 N–H and O–H groups in total. The van der Waals surface area contributed by atoms with Crippen molar-refractivity contribution in [3.05, 3.63) is 72.2 Å². The van der Waals surface area contributed by atoms with Crippen LogP contribution < -0.4 is 11.1 Å². The molecule has 3 heterocycles. The summed E-state index contributed by atoms with van der Waals surface area (Å²) >= 11 is 0. The Morgan fingerprint density at radius 2 is 1.86 bits per heavy atom. The predicted octanol–water partition coefficient (Wildman–Crippen LogP) is 4.39. The zero-order chi connectivity index (χ0) is 25.0. The van der Waals surface area contributed by atoms with E-state index in [-0.39, 0.29) is 34.9 Å². The standard InChI is InChI=1S/C26H23FN6O3/c27-18-12-15(25(34)30-16-4-2-1-3-5-16)6-7-17(18)23-22-19(8-9-29-24(22)28)33(31-23)21-11-14-10-20(21)32(13-14)26(35)36/h1-9,12,14,20-21H,10-11,13H2,(H2,28,29)(H,30,34)(H,35,36)/t14?,20?,21-/m1/s1. The minimum absolute atomic E-state index is 0.167. The maximum Gasteiger partial charge on any atom is 0.407 e. The van der Waals surface area contributed by atoms with E-state index in [2.05, 4.69) is 10.3 Å².